The third-order valence-electron chi connectivity index (χ3n) is 5.40. The Morgan fingerprint density at radius 3 is 2.60 bits per heavy atom. The maximum Gasteiger partial charge on any atom is 0.417 e. The van der Waals surface area contributed by atoms with Crippen molar-refractivity contribution in [1.29, 1.82) is 0 Å². The van der Waals surface area contributed by atoms with Crippen molar-refractivity contribution in [2.45, 2.75) is 26.4 Å². The average molecular weight is 492 g/mol. The van der Waals surface area contributed by atoms with Crippen LogP contribution in [0.2, 0.25) is 0 Å². The first-order chi connectivity index (χ1) is 16.7. The second-order valence-corrected chi connectivity index (χ2v) is 7.92. The van der Waals surface area contributed by atoms with Gasteiger partial charge in [-0.3, -0.25) is 19.0 Å². The Morgan fingerprint density at radius 1 is 1.26 bits per heavy atom. The maximum absolute atomic E-state index is 15.0. The topological polar surface area (TPSA) is 124 Å². The van der Waals surface area contributed by atoms with Crippen LogP contribution in [-0.4, -0.2) is 72.0 Å². The molecule has 0 N–H and O–H groups in total. The Kier molecular flexibility index (Phi) is 6.94. The van der Waals surface area contributed by atoms with E-state index in [0.29, 0.717) is 11.4 Å². The smallest absolute Gasteiger partial charge is 0.417 e. The van der Waals surface area contributed by atoms with Crippen LogP contribution in [0.15, 0.2) is 22.7 Å². The summed E-state index contributed by atoms with van der Waals surface area (Å²) in [5, 5.41) is 3.58. The first-order valence-electron chi connectivity index (χ1n) is 10.7. The number of aryl methyl sites for hydroxylation is 1. The number of ether oxygens (including phenoxy) is 3. The molecule has 13 heteroatoms. The van der Waals surface area contributed by atoms with Gasteiger partial charge in [0.25, 0.3) is 5.91 Å². The Bertz CT molecular complexity index is 1160. The minimum absolute atomic E-state index is 0.000481. The number of halogens is 2. The summed E-state index contributed by atoms with van der Waals surface area (Å²) in [6, 6.07) is 2.12. The van der Waals surface area contributed by atoms with Crippen LogP contribution in [0.1, 0.15) is 24.7 Å². The van der Waals surface area contributed by atoms with Crippen molar-refractivity contribution in [3.05, 3.63) is 41.2 Å². The standard InChI is InChI=1S/C22H22F2N4O7/c1-12-25-21(35-26-12)33-10-16-9-28(22(31)34-16)15-7-17(23)20(18(24)8-15)14-3-5-27(6-4-14)19(30)11-32-13(2)29/h3,7-8,16H,4-6,9-11H2,1-2H3/t16-/m1/s1. The van der Waals surface area contributed by atoms with Crippen molar-refractivity contribution in [3.63, 3.8) is 0 Å². The molecule has 3 heterocycles. The van der Waals surface area contributed by atoms with Crippen LogP contribution < -0.4 is 9.64 Å². The molecule has 0 saturated carbocycles. The number of hydrogen-bond acceptors (Lipinski definition) is 9. The molecule has 1 fully saturated rings. The number of carbonyl (C=O) groups excluding carboxylic acids is 3. The normalized spacial score (nSPS) is 17.8. The highest BCUT2D eigenvalue weighted by Gasteiger charge is 2.34. The summed E-state index contributed by atoms with van der Waals surface area (Å²) in [4.78, 5) is 41.6. The van der Waals surface area contributed by atoms with Gasteiger partial charge in [0.1, 0.15) is 18.2 Å². The molecule has 0 bridgehead atoms. The van der Waals surface area contributed by atoms with Gasteiger partial charge in [-0.15, -0.1) is 0 Å². The fraction of sp³-hybridized carbons (Fsp3) is 0.409. The van der Waals surface area contributed by atoms with E-state index in [2.05, 4.69) is 10.1 Å². The lowest BCUT2D eigenvalue weighted by Gasteiger charge is -2.27. The lowest BCUT2D eigenvalue weighted by Crippen LogP contribution is -2.37. The highest BCUT2D eigenvalue weighted by Crippen LogP contribution is 2.32. The van der Waals surface area contributed by atoms with Gasteiger partial charge in [-0.05, 0) is 31.1 Å². The van der Waals surface area contributed by atoms with E-state index >= 15 is 0 Å². The van der Waals surface area contributed by atoms with Crippen molar-refractivity contribution in [2.75, 3.05) is 37.7 Å². The van der Waals surface area contributed by atoms with E-state index in [4.69, 9.17) is 18.7 Å². The monoisotopic (exact) mass is 492 g/mol. The van der Waals surface area contributed by atoms with E-state index in [1.54, 1.807) is 13.0 Å². The van der Waals surface area contributed by atoms with Crippen LogP contribution in [-0.2, 0) is 19.1 Å². The molecule has 0 aliphatic carbocycles. The molecular weight excluding hydrogens is 470 g/mol. The number of hydrogen-bond donors (Lipinski definition) is 0. The predicted molar refractivity (Wildman–Crippen MR) is 114 cm³/mol. The van der Waals surface area contributed by atoms with E-state index in [1.807, 2.05) is 0 Å². The van der Waals surface area contributed by atoms with E-state index in [-0.39, 0.29) is 56.6 Å². The average Bonchev–Trinajstić information content (AvgIpc) is 3.40. The molecule has 2 amide bonds. The van der Waals surface area contributed by atoms with Crippen LogP contribution >= 0.6 is 0 Å². The summed E-state index contributed by atoms with van der Waals surface area (Å²) < 4.78 is 49.9. The first-order valence-corrected chi connectivity index (χ1v) is 10.7. The van der Waals surface area contributed by atoms with Crippen LogP contribution in [0.5, 0.6) is 6.08 Å². The van der Waals surface area contributed by atoms with Gasteiger partial charge in [0.15, 0.2) is 18.5 Å². The Hall–Kier alpha value is -4.03. The largest absolute Gasteiger partial charge is 0.456 e. The number of benzene rings is 1. The number of anilines is 1. The third-order valence-corrected chi connectivity index (χ3v) is 5.40. The Morgan fingerprint density at radius 2 is 2.00 bits per heavy atom. The van der Waals surface area contributed by atoms with Crippen molar-refractivity contribution in [1.82, 2.24) is 15.0 Å². The van der Waals surface area contributed by atoms with E-state index in [9.17, 15) is 23.2 Å². The zero-order valence-electron chi connectivity index (χ0n) is 19.0. The maximum atomic E-state index is 15.0. The zero-order chi connectivity index (χ0) is 25.1. The molecule has 1 saturated heterocycles. The van der Waals surface area contributed by atoms with Gasteiger partial charge in [0, 0.05) is 25.6 Å². The number of nitrogens with zero attached hydrogens (tertiary/aromatic N) is 4. The van der Waals surface area contributed by atoms with Crippen molar-refractivity contribution in [3.8, 4) is 6.08 Å². The number of carbonyl (C=O) groups is 3. The fourth-order valence-corrected chi connectivity index (χ4v) is 3.72. The molecule has 1 aromatic heterocycles. The van der Waals surface area contributed by atoms with Crippen molar-refractivity contribution in [2.24, 2.45) is 0 Å². The minimum Gasteiger partial charge on any atom is -0.456 e. The van der Waals surface area contributed by atoms with Gasteiger partial charge in [0.05, 0.1) is 12.2 Å². The fourth-order valence-electron chi connectivity index (χ4n) is 3.72. The van der Waals surface area contributed by atoms with Gasteiger partial charge in [-0.1, -0.05) is 11.2 Å². The van der Waals surface area contributed by atoms with Gasteiger partial charge >= 0.3 is 18.1 Å². The molecule has 1 atom stereocenters. The van der Waals surface area contributed by atoms with E-state index < -0.39 is 35.7 Å². The molecule has 4 rings (SSSR count). The summed E-state index contributed by atoms with van der Waals surface area (Å²) >= 11 is 0. The molecule has 1 aromatic carbocycles. The quantitative estimate of drug-likeness (QED) is 0.535. The Balaban J connectivity index is 1.41. The highest BCUT2D eigenvalue weighted by atomic mass is 19.1. The highest BCUT2D eigenvalue weighted by molar-refractivity contribution is 5.90. The van der Waals surface area contributed by atoms with Crippen molar-refractivity contribution < 1.29 is 41.9 Å². The molecule has 2 aromatic rings. The number of esters is 1. The van der Waals surface area contributed by atoms with Gasteiger partial charge < -0.3 is 19.1 Å². The molecular formula is C22H22F2N4O7. The summed E-state index contributed by atoms with van der Waals surface area (Å²) in [5.74, 6) is -2.28. The molecule has 0 radical (unpaired) electrons. The van der Waals surface area contributed by atoms with Crippen LogP contribution in [0, 0.1) is 18.6 Å². The molecule has 0 unspecified atom stereocenters. The number of aromatic nitrogens is 2. The number of cyclic esters (lactones) is 1. The molecule has 2 aliphatic rings. The molecule has 11 nitrogen and oxygen atoms in total. The molecule has 2 aliphatic heterocycles. The van der Waals surface area contributed by atoms with E-state index in [1.165, 1.54) is 11.8 Å². The van der Waals surface area contributed by atoms with E-state index in [0.717, 1.165) is 17.0 Å². The summed E-state index contributed by atoms with van der Waals surface area (Å²) in [6.45, 7) is 2.69. The second-order valence-electron chi connectivity index (χ2n) is 7.92. The lowest BCUT2D eigenvalue weighted by atomic mass is 9.97. The second kappa shape index (κ2) is 10.1. The lowest BCUT2D eigenvalue weighted by molar-refractivity contribution is -0.150. The molecule has 186 valence electrons. The molecule has 0 spiro atoms. The SMILES string of the molecule is CC(=O)OCC(=O)N1CC=C(c2c(F)cc(N3C[C@H](COc4nc(C)no4)OC3=O)cc2F)CC1. The van der Waals surface area contributed by atoms with Crippen molar-refractivity contribution >= 4 is 29.2 Å². The zero-order valence-corrected chi connectivity index (χ0v) is 19.0. The minimum atomic E-state index is -0.847. The summed E-state index contributed by atoms with van der Waals surface area (Å²) in [6.07, 6.45) is 0.195. The Labute approximate surface area is 198 Å². The van der Waals surface area contributed by atoms with Crippen LogP contribution in [0.4, 0.5) is 19.3 Å². The third kappa shape index (κ3) is 5.55. The van der Waals surface area contributed by atoms with Crippen LogP contribution in [0.3, 0.4) is 0 Å². The van der Waals surface area contributed by atoms with Gasteiger partial charge in [0.2, 0.25) is 0 Å². The van der Waals surface area contributed by atoms with Gasteiger partial charge in [-0.2, -0.15) is 4.98 Å². The molecule has 35 heavy (non-hydrogen) atoms. The van der Waals surface area contributed by atoms with Crippen LogP contribution in [0.25, 0.3) is 5.57 Å². The summed E-state index contributed by atoms with van der Waals surface area (Å²) in [5.41, 5.74) is 0.174. The number of rotatable bonds is 7. The van der Waals surface area contributed by atoms with Gasteiger partial charge in [-0.25, -0.2) is 13.6 Å². The summed E-state index contributed by atoms with van der Waals surface area (Å²) in [7, 11) is 0. The number of amides is 2. The first kappa shape index (κ1) is 24.1. The predicted octanol–water partition coefficient (Wildman–Crippen LogP) is 2.24.